The van der Waals surface area contributed by atoms with Crippen molar-refractivity contribution in [3.8, 4) is 11.4 Å². The van der Waals surface area contributed by atoms with Gasteiger partial charge >= 0.3 is 0 Å². The molecule has 0 aliphatic rings. The third-order valence-corrected chi connectivity index (χ3v) is 4.57. The molecule has 0 aliphatic heterocycles. The molecule has 6 heteroatoms. The van der Waals surface area contributed by atoms with Crippen LogP contribution in [0.4, 0.5) is 0 Å². The molecule has 2 aromatic heterocycles. The molecule has 0 unspecified atom stereocenters. The second-order valence-electron chi connectivity index (χ2n) is 4.02. The van der Waals surface area contributed by atoms with E-state index in [1.54, 1.807) is 44.4 Å². The summed E-state index contributed by atoms with van der Waals surface area (Å²) in [5.41, 5.74) is 0.437. The topological polar surface area (TPSA) is 72.8 Å². The van der Waals surface area contributed by atoms with Crippen LogP contribution in [0.25, 0.3) is 11.4 Å². The van der Waals surface area contributed by atoms with Crippen LogP contribution in [0.1, 0.15) is 13.8 Å². The van der Waals surface area contributed by atoms with Gasteiger partial charge in [-0.25, -0.2) is 23.4 Å². The van der Waals surface area contributed by atoms with Crippen LogP contribution in [-0.4, -0.2) is 28.6 Å². The van der Waals surface area contributed by atoms with Gasteiger partial charge in [0.2, 0.25) is 0 Å². The lowest BCUT2D eigenvalue weighted by Gasteiger charge is -2.10. The van der Waals surface area contributed by atoms with Crippen molar-refractivity contribution in [3.05, 3.63) is 36.8 Å². The molecule has 0 saturated carbocycles. The first-order chi connectivity index (χ1) is 8.53. The first-order valence-electron chi connectivity index (χ1n) is 5.50. The first-order valence-corrected chi connectivity index (χ1v) is 7.04. The molecule has 2 rings (SSSR count). The number of rotatable bonds is 3. The Morgan fingerprint density at radius 2 is 1.61 bits per heavy atom. The summed E-state index contributed by atoms with van der Waals surface area (Å²) < 4.78 is 24.4. The zero-order chi connectivity index (χ0) is 13.2. The molecule has 2 aromatic rings. The van der Waals surface area contributed by atoms with Gasteiger partial charge in [0, 0.05) is 18.6 Å². The normalized spacial score (nSPS) is 11.7. The van der Waals surface area contributed by atoms with E-state index in [2.05, 4.69) is 15.0 Å². The van der Waals surface area contributed by atoms with Crippen molar-refractivity contribution >= 4 is 9.84 Å². The van der Waals surface area contributed by atoms with Crippen LogP contribution in [0.3, 0.4) is 0 Å². The molecule has 0 aliphatic carbocycles. The minimum atomic E-state index is -3.45. The minimum absolute atomic E-state index is 0.0335. The quantitative estimate of drug-likeness (QED) is 0.843. The van der Waals surface area contributed by atoms with Crippen LogP contribution in [0.2, 0.25) is 0 Å². The third kappa shape index (κ3) is 2.24. The number of hydrogen-bond acceptors (Lipinski definition) is 5. The van der Waals surface area contributed by atoms with Crippen molar-refractivity contribution < 1.29 is 8.42 Å². The average Bonchev–Trinajstić information content (AvgIpc) is 2.39. The predicted molar refractivity (Wildman–Crippen MR) is 67.6 cm³/mol. The predicted octanol–water partition coefficient (Wildman–Crippen LogP) is 1.72. The van der Waals surface area contributed by atoms with Gasteiger partial charge in [0.05, 0.1) is 10.8 Å². The summed E-state index contributed by atoms with van der Waals surface area (Å²) in [6, 6.07) is 5.01. The first kappa shape index (κ1) is 12.6. The lowest BCUT2D eigenvalue weighted by atomic mass is 10.3. The van der Waals surface area contributed by atoms with Crippen molar-refractivity contribution in [3.63, 3.8) is 0 Å². The molecular formula is C12H13N3O2S. The monoisotopic (exact) mass is 263 g/mol. The average molecular weight is 263 g/mol. The van der Waals surface area contributed by atoms with Gasteiger partial charge in [-0.3, -0.25) is 0 Å². The standard InChI is InChI=1S/C12H13N3O2S/c1-9(2)18(16,17)12-10(5-3-6-15-12)11-13-7-4-8-14-11/h3-9H,1-2H3. The maximum atomic E-state index is 12.2. The van der Waals surface area contributed by atoms with Gasteiger partial charge in [0.15, 0.2) is 20.7 Å². The summed E-state index contributed by atoms with van der Waals surface area (Å²) in [6.07, 6.45) is 4.60. The zero-order valence-electron chi connectivity index (χ0n) is 10.1. The smallest absolute Gasteiger partial charge is 0.198 e. The molecule has 2 heterocycles. The van der Waals surface area contributed by atoms with Crippen LogP contribution < -0.4 is 0 Å². The highest BCUT2D eigenvalue weighted by molar-refractivity contribution is 7.92. The molecular weight excluding hydrogens is 250 g/mol. The Balaban J connectivity index is 2.65. The van der Waals surface area contributed by atoms with E-state index in [-0.39, 0.29) is 5.03 Å². The van der Waals surface area contributed by atoms with Crippen molar-refractivity contribution in [1.82, 2.24) is 15.0 Å². The fraction of sp³-hybridized carbons (Fsp3) is 0.250. The van der Waals surface area contributed by atoms with E-state index in [9.17, 15) is 8.42 Å². The Kier molecular flexibility index (Phi) is 3.38. The molecule has 94 valence electrons. The van der Waals surface area contributed by atoms with Crippen LogP contribution in [0.15, 0.2) is 41.8 Å². The zero-order valence-corrected chi connectivity index (χ0v) is 10.9. The fourth-order valence-electron chi connectivity index (χ4n) is 1.45. The second-order valence-corrected chi connectivity index (χ2v) is 6.44. The highest BCUT2D eigenvalue weighted by Crippen LogP contribution is 2.24. The summed E-state index contributed by atoms with van der Waals surface area (Å²) in [6.45, 7) is 3.25. The van der Waals surface area contributed by atoms with Gasteiger partial charge < -0.3 is 0 Å². The van der Waals surface area contributed by atoms with E-state index in [4.69, 9.17) is 0 Å². The van der Waals surface area contributed by atoms with E-state index >= 15 is 0 Å². The summed E-state index contributed by atoms with van der Waals surface area (Å²) in [5, 5.41) is -0.499. The van der Waals surface area contributed by atoms with Gasteiger partial charge in [0.25, 0.3) is 0 Å². The minimum Gasteiger partial charge on any atom is -0.244 e. The maximum Gasteiger partial charge on any atom is 0.198 e. The second kappa shape index (κ2) is 4.81. The highest BCUT2D eigenvalue weighted by Gasteiger charge is 2.25. The molecule has 0 atom stereocenters. The Labute approximate surface area is 106 Å². The Morgan fingerprint density at radius 1 is 1.00 bits per heavy atom. The van der Waals surface area contributed by atoms with Crippen LogP contribution >= 0.6 is 0 Å². The van der Waals surface area contributed by atoms with Gasteiger partial charge in [-0.15, -0.1) is 0 Å². The SMILES string of the molecule is CC(C)S(=O)(=O)c1ncccc1-c1ncccn1. The number of aromatic nitrogens is 3. The van der Waals surface area contributed by atoms with Crippen LogP contribution in [0.5, 0.6) is 0 Å². The molecule has 18 heavy (non-hydrogen) atoms. The maximum absolute atomic E-state index is 12.2. The van der Waals surface area contributed by atoms with Crippen molar-refractivity contribution in [1.29, 1.82) is 0 Å². The highest BCUT2D eigenvalue weighted by atomic mass is 32.2. The third-order valence-electron chi connectivity index (χ3n) is 2.47. The summed E-state index contributed by atoms with van der Waals surface area (Å²) in [5.74, 6) is 0.366. The Bertz CT molecular complexity index is 639. The molecule has 0 N–H and O–H groups in total. The molecule has 0 radical (unpaired) electrons. The van der Waals surface area contributed by atoms with E-state index in [1.165, 1.54) is 6.20 Å². The number of sulfone groups is 1. The summed E-state index contributed by atoms with van der Waals surface area (Å²) >= 11 is 0. The molecule has 0 spiro atoms. The number of nitrogens with zero attached hydrogens (tertiary/aromatic N) is 3. The van der Waals surface area contributed by atoms with Gasteiger partial charge in [-0.05, 0) is 32.0 Å². The van der Waals surface area contributed by atoms with Crippen molar-refractivity contribution in [2.45, 2.75) is 24.1 Å². The van der Waals surface area contributed by atoms with Crippen LogP contribution in [-0.2, 0) is 9.84 Å². The lowest BCUT2D eigenvalue weighted by Crippen LogP contribution is -2.16. The van der Waals surface area contributed by atoms with Crippen LogP contribution in [0, 0.1) is 0 Å². The summed E-state index contributed by atoms with van der Waals surface area (Å²) in [4.78, 5) is 12.1. The lowest BCUT2D eigenvalue weighted by molar-refractivity contribution is 0.584. The van der Waals surface area contributed by atoms with Gasteiger partial charge in [-0.1, -0.05) is 0 Å². The molecule has 0 amide bonds. The fourth-order valence-corrected chi connectivity index (χ4v) is 2.57. The van der Waals surface area contributed by atoms with Gasteiger partial charge in [-0.2, -0.15) is 0 Å². The summed E-state index contributed by atoms with van der Waals surface area (Å²) in [7, 11) is -3.45. The molecule has 0 bridgehead atoms. The molecule has 0 aromatic carbocycles. The Morgan fingerprint density at radius 3 is 2.22 bits per heavy atom. The van der Waals surface area contributed by atoms with E-state index in [0.29, 0.717) is 11.4 Å². The number of hydrogen-bond donors (Lipinski definition) is 0. The molecule has 0 fully saturated rings. The van der Waals surface area contributed by atoms with Crippen molar-refractivity contribution in [2.75, 3.05) is 0 Å². The van der Waals surface area contributed by atoms with E-state index in [0.717, 1.165) is 0 Å². The number of pyridine rings is 1. The van der Waals surface area contributed by atoms with Gasteiger partial charge in [0.1, 0.15) is 0 Å². The van der Waals surface area contributed by atoms with E-state index in [1.807, 2.05) is 0 Å². The Hall–Kier alpha value is -1.82. The molecule has 0 saturated heterocycles. The molecule has 5 nitrogen and oxygen atoms in total. The van der Waals surface area contributed by atoms with E-state index < -0.39 is 15.1 Å². The van der Waals surface area contributed by atoms with Crippen molar-refractivity contribution in [2.24, 2.45) is 0 Å². The largest absolute Gasteiger partial charge is 0.244 e.